The topological polar surface area (TPSA) is 41.1 Å². The van der Waals surface area contributed by atoms with Gasteiger partial charge in [-0.2, -0.15) is 0 Å². The van der Waals surface area contributed by atoms with Gasteiger partial charge in [0.1, 0.15) is 0 Å². The first-order valence-corrected chi connectivity index (χ1v) is 8.47. The highest BCUT2D eigenvalue weighted by Crippen LogP contribution is 2.36. The van der Waals surface area contributed by atoms with E-state index in [-0.39, 0.29) is 5.91 Å². The first-order chi connectivity index (χ1) is 10.0. The van der Waals surface area contributed by atoms with Crippen molar-refractivity contribution in [2.45, 2.75) is 53.5 Å². The molecule has 2 N–H and O–H groups in total. The molecule has 0 saturated heterocycles. The van der Waals surface area contributed by atoms with Crippen LogP contribution in [0.4, 0.5) is 0 Å². The van der Waals surface area contributed by atoms with E-state index in [1.54, 1.807) is 11.8 Å². The summed E-state index contributed by atoms with van der Waals surface area (Å²) in [7, 11) is 0. The molecule has 1 amide bonds. The maximum Gasteiger partial charge on any atom is 0.227 e. The largest absolute Gasteiger partial charge is 0.353 e. The molecule has 1 aliphatic rings. The quantitative estimate of drug-likeness (QED) is 0.863. The normalized spacial score (nSPS) is 21.3. The minimum absolute atomic E-state index is 0.0435. The Morgan fingerprint density at radius 1 is 1.18 bits per heavy atom. The third kappa shape index (κ3) is 3.49. The van der Waals surface area contributed by atoms with E-state index in [9.17, 15) is 4.79 Å². The van der Waals surface area contributed by atoms with Crippen molar-refractivity contribution < 1.29 is 4.79 Å². The summed E-state index contributed by atoms with van der Waals surface area (Å²) < 4.78 is 0. The summed E-state index contributed by atoms with van der Waals surface area (Å²) >= 11 is 1.61. The zero-order chi connectivity index (χ0) is 16.7. The van der Waals surface area contributed by atoms with E-state index in [1.165, 1.54) is 22.3 Å². The summed E-state index contributed by atoms with van der Waals surface area (Å²) in [6.07, 6.45) is 0. The van der Waals surface area contributed by atoms with Crippen molar-refractivity contribution in [3.05, 3.63) is 39.8 Å². The lowest BCUT2D eigenvalue weighted by Crippen LogP contribution is -2.54. The fourth-order valence-corrected chi connectivity index (χ4v) is 3.53. The Kier molecular flexibility index (Phi) is 4.35. The molecule has 0 aliphatic carbocycles. The Morgan fingerprint density at radius 2 is 1.73 bits per heavy atom. The third-order valence-corrected chi connectivity index (χ3v) is 4.79. The fourth-order valence-electron chi connectivity index (χ4n) is 2.68. The predicted molar refractivity (Wildman–Crippen MR) is 95.4 cm³/mol. The van der Waals surface area contributed by atoms with Crippen LogP contribution in [0.3, 0.4) is 0 Å². The molecule has 0 fully saturated rings. The van der Waals surface area contributed by atoms with Gasteiger partial charge in [0.2, 0.25) is 5.91 Å². The molecule has 4 heteroatoms. The Balaban J connectivity index is 2.21. The fraction of sp³-hybridized carbons (Fsp3) is 0.500. The lowest BCUT2D eigenvalue weighted by molar-refractivity contribution is -0.129. The molecule has 1 unspecified atom stereocenters. The van der Waals surface area contributed by atoms with Crippen LogP contribution in [0.5, 0.6) is 0 Å². The maximum absolute atomic E-state index is 12.3. The van der Waals surface area contributed by atoms with E-state index in [2.05, 4.69) is 48.9 Å². The zero-order valence-electron chi connectivity index (χ0n) is 14.5. The number of thioether (sulfide) groups is 1. The van der Waals surface area contributed by atoms with Crippen LogP contribution in [0, 0.1) is 26.2 Å². The lowest BCUT2D eigenvalue weighted by atomic mass is 9.95. The van der Waals surface area contributed by atoms with Crippen molar-refractivity contribution in [3.8, 4) is 0 Å². The van der Waals surface area contributed by atoms with E-state index in [0.717, 1.165) is 5.70 Å². The molecule has 0 spiro atoms. The van der Waals surface area contributed by atoms with Gasteiger partial charge < -0.3 is 10.6 Å². The molecular formula is C18H26N2OS. The monoisotopic (exact) mass is 318 g/mol. The summed E-state index contributed by atoms with van der Waals surface area (Å²) in [6.45, 7) is 14.2. The first kappa shape index (κ1) is 16.9. The van der Waals surface area contributed by atoms with Crippen LogP contribution in [0.15, 0.2) is 17.5 Å². The van der Waals surface area contributed by atoms with Crippen LogP contribution in [-0.2, 0) is 4.79 Å². The molecule has 120 valence electrons. The number of rotatable bonds is 2. The number of carbonyl (C=O) groups is 1. The predicted octanol–water partition coefficient (Wildman–Crippen LogP) is 4.08. The second-order valence-corrected chi connectivity index (χ2v) is 8.57. The molecule has 3 nitrogen and oxygen atoms in total. The summed E-state index contributed by atoms with van der Waals surface area (Å²) in [5.74, 6) is 0.0435. The van der Waals surface area contributed by atoms with Crippen molar-refractivity contribution in [3.63, 3.8) is 0 Å². The summed E-state index contributed by atoms with van der Waals surface area (Å²) in [5, 5.41) is 8.69. The van der Waals surface area contributed by atoms with Gasteiger partial charge in [-0.15, -0.1) is 0 Å². The van der Waals surface area contributed by atoms with E-state index in [1.807, 2.05) is 27.7 Å². The van der Waals surface area contributed by atoms with Gasteiger partial charge in [0.05, 0.1) is 5.70 Å². The Morgan fingerprint density at radius 3 is 2.23 bits per heavy atom. The van der Waals surface area contributed by atoms with Gasteiger partial charge in [-0.25, -0.2) is 0 Å². The third-order valence-electron chi connectivity index (χ3n) is 3.77. The number of carbonyl (C=O) groups excluding carboxylic acids is 1. The van der Waals surface area contributed by atoms with Crippen molar-refractivity contribution in [2.24, 2.45) is 5.41 Å². The molecule has 0 bridgehead atoms. The number of hydrogen-bond acceptors (Lipinski definition) is 3. The number of aryl methyl sites for hydroxylation is 3. The lowest BCUT2D eigenvalue weighted by Gasteiger charge is -2.31. The van der Waals surface area contributed by atoms with Gasteiger partial charge in [-0.3, -0.25) is 4.79 Å². The van der Waals surface area contributed by atoms with Crippen molar-refractivity contribution in [1.82, 2.24) is 10.6 Å². The Labute approximate surface area is 137 Å². The van der Waals surface area contributed by atoms with Crippen molar-refractivity contribution in [2.75, 3.05) is 0 Å². The summed E-state index contributed by atoms with van der Waals surface area (Å²) in [4.78, 5) is 11.8. The number of nitrogens with one attached hydrogen (secondary N) is 2. The maximum atomic E-state index is 12.3. The second-order valence-electron chi connectivity index (χ2n) is 7.29. The highest BCUT2D eigenvalue weighted by molar-refractivity contribution is 8.03. The summed E-state index contributed by atoms with van der Waals surface area (Å²) in [5.41, 5.74) is 5.69. The molecule has 1 aromatic carbocycles. The molecule has 1 aromatic rings. The van der Waals surface area contributed by atoms with Gasteiger partial charge in [0.15, 0.2) is 4.99 Å². The molecule has 2 rings (SSSR count). The van der Waals surface area contributed by atoms with Crippen molar-refractivity contribution in [1.29, 1.82) is 0 Å². The van der Waals surface area contributed by atoms with E-state index < -0.39 is 10.4 Å². The number of benzene rings is 1. The average Bonchev–Trinajstić information content (AvgIpc) is 2.68. The van der Waals surface area contributed by atoms with Crippen molar-refractivity contribution >= 4 is 23.4 Å². The highest BCUT2D eigenvalue weighted by Gasteiger charge is 2.35. The van der Waals surface area contributed by atoms with Gasteiger partial charge in [0.25, 0.3) is 0 Å². The van der Waals surface area contributed by atoms with Crippen LogP contribution in [-0.4, -0.2) is 10.9 Å². The van der Waals surface area contributed by atoms with Gasteiger partial charge in [-0.1, -0.05) is 50.2 Å². The minimum atomic E-state index is -0.497. The summed E-state index contributed by atoms with van der Waals surface area (Å²) in [6, 6.07) is 4.39. The Hall–Kier alpha value is -1.42. The van der Waals surface area contributed by atoms with Crippen LogP contribution >= 0.6 is 11.8 Å². The average molecular weight is 318 g/mol. The van der Waals surface area contributed by atoms with Crippen LogP contribution in [0.1, 0.15) is 49.9 Å². The van der Waals surface area contributed by atoms with Gasteiger partial charge >= 0.3 is 0 Å². The molecular weight excluding hydrogens is 292 g/mol. The van der Waals surface area contributed by atoms with E-state index >= 15 is 0 Å². The standard InChI is InChI=1S/C18H26N2OS/c1-11-8-12(2)15(13(3)9-11)14-10-22-18(7,19-14)20-16(21)17(4,5)6/h8-10,19H,1-7H3,(H,20,21). The van der Waals surface area contributed by atoms with Crippen LogP contribution < -0.4 is 10.6 Å². The molecule has 1 heterocycles. The highest BCUT2D eigenvalue weighted by atomic mass is 32.2. The minimum Gasteiger partial charge on any atom is -0.353 e. The smallest absolute Gasteiger partial charge is 0.227 e. The van der Waals surface area contributed by atoms with E-state index in [0.29, 0.717) is 0 Å². The molecule has 1 atom stereocenters. The van der Waals surface area contributed by atoms with Gasteiger partial charge in [-0.05, 0) is 44.2 Å². The molecule has 0 radical (unpaired) electrons. The van der Waals surface area contributed by atoms with Crippen LogP contribution in [0.2, 0.25) is 0 Å². The SMILES string of the molecule is Cc1cc(C)c(C2=CSC(C)(NC(=O)C(C)(C)C)N2)c(C)c1. The van der Waals surface area contributed by atoms with Crippen LogP contribution in [0.25, 0.3) is 5.70 Å². The molecule has 22 heavy (non-hydrogen) atoms. The number of hydrogen-bond donors (Lipinski definition) is 2. The van der Waals surface area contributed by atoms with Gasteiger partial charge in [0, 0.05) is 11.0 Å². The first-order valence-electron chi connectivity index (χ1n) is 7.59. The number of amides is 1. The molecule has 1 aliphatic heterocycles. The Bertz CT molecular complexity index is 620. The molecule has 0 saturated carbocycles. The van der Waals surface area contributed by atoms with E-state index in [4.69, 9.17) is 0 Å². The second kappa shape index (κ2) is 5.65. The zero-order valence-corrected chi connectivity index (χ0v) is 15.4. The molecule has 0 aromatic heterocycles.